The Bertz CT molecular complexity index is 1100. The van der Waals surface area contributed by atoms with Crippen molar-refractivity contribution in [2.75, 3.05) is 6.61 Å². The molecule has 3 nitrogen and oxygen atoms in total. The van der Waals surface area contributed by atoms with Crippen molar-refractivity contribution in [1.82, 2.24) is 0 Å². The quantitative estimate of drug-likeness (QED) is 0.121. The van der Waals surface area contributed by atoms with Crippen LogP contribution in [0, 0.1) is 5.92 Å². The fourth-order valence-electron chi connectivity index (χ4n) is 4.11. The van der Waals surface area contributed by atoms with Gasteiger partial charge in [-0.25, -0.2) is 4.79 Å². The van der Waals surface area contributed by atoms with Gasteiger partial charge in [-0.05, 0) is 67.3 Å². The molecule has 0 saturated heterocycles. The maximum absolute atomic E-state index is 13.5. The molecular weight excluding hydrogens is 408 g/mol. The van der Waals surface area contributed by atoms with Crippen molar-refractivity contribution in [2.45, 2.75) is 40.0 Å². The zero-order valence-corrected chi connectivity index (χ0v) is 19.7. The first-order valence-corrected chi connectivity index (χ1v) is 11.6. The van der Waals surface area contributed by atoms with Crippen molar-refractivity contribution in [3.63, 3.8) is 0 Å². The first kappa shape index (κ1) is 24.2. The first-order valence-electron chi connectivity index (χ1n) is 11.6. The number of Topliss-reactive ketones (excluding diaryl/α,β-unsaturated/α-hetero) is 1. The number of rotatable bonds is 10. The molecule has 170 valence electrons. The van der Waals surface area contributed by atoms with Gasteiger partial charge in [0.1, 0.15) is 5.57 Å². The number of hydrogen-bond acceptors (Lipinski definition) is 3. The average Bonchev–Trinajstić information content (AvgIpc) is 2.82. The number of benzene rings is 3. The van der Waals surface area contributed by atoms with Gasteiger partial charge in [-0.2, -0.15) is 0 Å². The van der Waals surface area contributed by atoms with E-state index in [9.17, 15) is 9.59 Å². The van der Waals surface area contributed by atoms with Crippen LogP contribution in [0.15, 0.2) is 90.5 Å². The lowest BCUT2D eigenvalue weighted by atomic mass is 9.87. The van der Waals surface area contributed by atoms with Gasteiger partial charge in [0.05, 0.1) is 6.61 Å². The smallest absolute Gasteiger partial charge is 0.341 e. The van der Waals surface area contributed by atoms with Crippen LogP contribution in [-0.2, 0) is 28.8 Å². The van der Waals surface area contributed by atoms with Gasteiger partial charge in [-0.1, -0.05) is 85.8 Å². The predicted octanol–water partition coefficient (Wildman–Crippen LogP) is 6.39. The number of esters is 1. The molecule has 3 rings (SSSR count). The van der Waals surface area contributed by atoms with E-state index in [1.807, 2.05) is 48.5 Å². The number of ketones is 1. The van der Waals surface area contributed by atoms with Crippen LogP contribution in [0.2, 0.25) is 0 Å². The zero-order valence-electron chi connectivity index (χ0n) is 19.7. The highest BCUT2D eigenvalue weighted by molar-refractivity contribution is 6.24. The van der Waals surface area contributed by atoms with E-state index < -0.39 is 5.97 Å². The molecule has 0 amide bonds. The minimum atomic E-state index is -0.568. The first-order chi connectivity index (χ1) is 16.0. The Hall–Kier alpha value is -3.46. The van der Waals surface area contributed by atoms with Crippen LogP contribution in [0.5, 0.6) is 0 Å². The molecule has 3 heteroatoms. The van der Waals surface area contributed by atoms with Crippen molar-refractivity contribution in [3.8, 4) is 0 Å². The molecular formula is C30H32O3. The monoisotopic (exact) mass is 440 g/mol. The maximum atomic E-state index is 13.5. The lowest BCUT2D eigenvalue weighted by molar-refractivity contribution is -0.138. The molecule has 0 saturated carbocycles. The summed E-state index contributed by atoms with van der Waals surface area (Å²) in [6.07, 6.45) is 3.96. The molecule has 3 aromatic carbocycles. The molecule has 0 aliphatic rings. The third-order valence-electron chi connectivity index (χ3n) is 5.69. The van der Waals surface area contributed by atoms with Gasteiger partial charge < -0.3 is 4.74 Å². The Morgan fingerprint density at radius 2 is 1.48 bits per heavy atom. The highest BCUT2D eigenvalue weighted by Crippen LogP contribution is 2.23. The van der Waals surface area contributed by atoms with E-state index in [4.69, 9.17) is 4.74 Å². The standard InChI is InChI=1S/C30H32O3/c1-4-27(30(32)33-5-2)29(31)28-21-25(20-24-14-10-7-11-15-24)16-17-26(28)19-22(3)18-23-12-8-6-9-13-23/h4,6-17,21-22H,5,18-20H2,1-3H3/b27-4+. The summed E-state index contributed by atoms with van der Waals surface area (Å²) in [7, 11) is 0. The Morgan fingerprint density at radius 3 is 2.09 bits per heavy atom. The number of carbonyl (C=O) groups excluding carboxylic acids is 2. The molecule has 1 atom stereocenters. The van der Waals surface area contributed by atoms with E-state index in [0.717, 1.165) is 30.4 Å². The maximum Gasteiger partial charge on any atom is 0.341 e. The SMILES string of the molecule is C/C=C(/C(=O)OCC)C(=O)c1cc(Cc2ccccc2)ccc1CC(C)Cc1ccccc1. The van der Waals surface area contributed by atoms with E-state index in [1.165, 1.54) is 11.1 Å². The largest absolute Gasteiger partial charge is 0.462 e. The minimum Gasteiger partial charge on any atom is -0.462 e. The molecule has 0 bridgehead atoms. The van der Waals surface area contributed by atoms with Gasteiger partial charge in [0.15, 0.2) is 5.78 Å². The van der Waals surface area contributed by atoms with Crippen molar-refractivity contribution in [3.05, 3.63) is 118 Å². The van der Waals surface area contributed by atoms with Crippen LogP contribution < -0.4 is 0 Å². The van der Waals surface area contributed by atoms with Crippen molar-refractivity contribution < 1.29 is 14.3 Å². The molecule has 0 spiro atoms. The molecule has 0 aliphatic carbocycles. The molecule has 3 aromatic rings. The van der Waals surface area contributed by atoms with E-state index in [0.29, 0.717) is 11.5 Å². The average molecular weight is 441 g/mol. The van der Waals surface area contributed by atoms with Crippen molar-refractivity contribution >= 4 is 11.8 Å². The van der Waals surface area contributed by atoms with E-state index in [1.54, 1.807) is 19.9 Å². The Kier molecular flexibility index (Phi) is 8.77. The second-order valence-electron chi connectivity index (χ2n) is 8.40. The second kappa shape index (κ2) is 12.0. The van der Waals surface area contributed by atoms with Crippen molar-refractivity contribution in [1.29, 1.82) is 0 Å². The van der Waals surface area contributed by atoms with Crippen LogP contribution in [0.3, 0.4) is 0 Å². The van der Waals surface area contributed by atoms with E-state index >= 15 is 0 Å². The number of hydrogen-bond donors (Lipinski definition) is 0. The summed E-state index contributed by atoms with van der Waals surface area (Å²) < 4.78 is 5.14. The molecule has 0 N–H and O–H groups in total. The van der Waals surface area contributed by atoms with Crippen LogP contribution in [0.4, 0.5) is 0 Å². The van der Waals surface area contributed by atoms with Gasteiger partial charge in [0.2, 0.25) is 0 Å². The number of allylic oxidation sites excluding steroid dienone is 1. The summed E-state index contributed by atoms with van der Waals surface area (Å²) in [5, 5.41) is 0. The minimum absolute atomic E-state index is 0.0886. The summed E-state index contributed by atoms with van der Waals surface area (Å²) in [6, 6.07) is 26.6. The van der Waals surface area contributed by atoms with Gasteiger partial charge >= 0.3 is 5.97 Å². The zero-order chi connectivity index (χ0) is 23.6. The number of carbonyl (C=O) groups is 2. The molecule has 0 aliphatic heterocycles. The summed E-state index contributed by atoms with van der Waals surface area (Å²) in [6.45, 7) is 5.88. The Morgan fingerprint density at radius 1 is 0.848 bits per heavy atom. The lowest BCUT2D eigenvalue weighted by Gasteiger charge is -2.17. The molecule has 0 fully saturated rings. The highest BCUT2D eigenvalue weighted by Gasteiger charge is 2.23. The lowest BCUT2D eigenvalue weighted by Crippen LogP contribution is -2.18. The van der Waals surface area contributed by atoms with E-state index in [-0.39, 0.29) is 18.0 Å². The van der Waals surface area contributed by atoms with Gasteiger partial charge in [-0.3, -0.25) is 4.79 Å². The van der Waals surface area contributed by atoms with Crippen molar-refractivity contribution in [2.24, 2.45) is 5.92 Å². The second-order valence-corrected chi connectivity index (χ2v) is 8.40. The predicted molar refractivity (Wildman–Crippen MR) is 133 cm³/mol. The Labute approximate surface area is 197 Å². The fourth-order valence-corrected chi connectivity index (χ4v) is 4.11. The van der Waals surface area contributed by atoms with Gasteiger partial charge in [0, 0.05) is 5.56 Å². The third-order valence-corrected chi connectivity index (χ3v) is 5.69. The summed E-state index contributed by atoms with van der Waals surface area (Å²) in [4.78, 5) is 25.9. The van der Waals surface area contributed by atoms with Crippen LogP contribution >= 0.6 is 0 Å². The van der Waals surface area contributed by atoms with Crippen LogP contribution in [0.1, 0.15) is 53.4 Å². The topological polar surface area (TPSA) is 43.4 Å². The Balaban J connectivity index is 1.91. The van der Waals surface area contributed by atoms with Crippen LogP contribution in [0.25, 0.3) is 0 Å². The third kappa shape index (κ3) is 6.76. The van der Waals surface area contributed by atoms with Crippen LogP contribution in [-0.4, -0.2) is 18.4 Å². The van der Waals surface area contributed by atoms with Gasteiger partial charge in [-0.15, -0.1) is 0 Å². The molecule has 0 heterocycles. The van der Waals surface area contributed by atoms with Gasteiger partial charge in [0.25, 0.3) is 0 Å². The normalized spacial score (nSPS) is 12.3. The molecule has 0 radical (unpaired) electrons. The highest BCUT2D eigenvalue weighted by atomic mass is 16.5. The fraction of sp³-hybridized carbons (Fsp3) is 0.267. The molecule has 0 aromatic heterocycles. The summed E-state index contributed by atoms with van der Waals surface area (Å²) in [5.74, 6) is -0.495. The summed E-state index contributed by atoms with van der Waals surface area (Å²) >= 11 is 0. The summed E-state index contributed by atoms with van der Waals surface area (Å²) in [5.41, 5.74) is 5.14. The molecule has 33 heavy (non-hydrogen) atoms. The molecule has 1 unspecified atom stereocenters. The van der Waals surface area contributed by atoms with E-state index in [2.05, 4.69) is 37.3 Å². The number of ether oxygens (including phenoxy) is 1.